The first-order valence-electron chi connectivity index (χ1n) is 18.7. The molecule has 262 valence electrons. The number of furan rings is 2. The van der Waals surface area contributed by atoms with Gasteiger partial charge in [0.25, 0.3) is 0 Å². The molecule has 2 aliphatic heterocycles. The predicted octanol–water partition coefficient (Wildman–Crippen LogP) is 15.7. The normalized spacial score (nSPS) is 13.5. The maximum Gasteiger partial charge on any atom is 0.147 e. The maximum absolute atomic E-state index is 6.83. The van der Waals surface area contributed by atoms with Gasteiger partial charge in [0, 0.05) is 47.1 Å². The molecule has 0 radical (unpaired) electrons. The Kier molecular flexibility index (Phi) is 6.28. The van der Waals surface area contributed by atoms with Crippen LogP contribution in [0.4, 0.5) is 34.1 Å². The van der Waals surface area contributed by atoms with Crippen molar-refractivity contribution in [1.82, 2.24) is 0 Å². The Bertz CT molecular complexity index is 3380. The Labute approximate surface area is 329 Å². The van der Waals surface area contributed by atoms with Crippen molar-refractivity contribution in [2.45, 2.75) is 19.6 Å². The van der Waals surface area contributed by atoms with Crippen LogP contribution in [-0.2, 0) is 0 Å². The Morgan fingerprint density at radius 2 is 0.804 bits per heavy atom. The largest absolute Gasteiger partial charge is 0.456 e. The predicted molar refractivity (Wildman–Crippen MR) is 234 cm³/mol. The average molecular weight is 753 g/mol. The molecule has 0 atom stereocenters. The van der Waals surface area contributed by atoms with E-state index in [0.29, 0.717) is 0 Å². The number of hydrogen-bond acceptors (Lipinski definition) is 6. The molecule has 0 saturated heterocycles. The lowest BCUT2D eigenvalue weighted by molar-refractivity contribution is 0.663. The third kappa shape index (κ3) is 4.39. The van der Waals surface area contributed by atoms with Crippen molar-refractivity contribution in [2.24, 2.45) is 0 Å². The van der Waals surface area contributed by atoms with Crippen molar-refractivity contribution in [3.8, 4) is 0 Å². The molecule has 0 aliphatic carbocycles. The molecule has 0 bridgehead atoms. The van der Waals surface area contributed by atoms with Crippen molar-refractivity contribution in [1.29, 1.82) is 0 Å². The van der Waals surface area contributed by atoms with E-state index >= 15 is 0 Å². The van der Waals surface area contributed by atoms with Gasteiger partial charge in [-0.25, -0.2) is 0 Å². The maximum atomic E-state index is 6.83. The fraction of sp³-hybridized carbons (Fsp3) is 0. The third-order valence-corrected chi connectivity index (χ3v) is 13.6. The van der Waals surface area contributed by atoms with Crippen LogP contribution in [0.25, 0.3) is 65.4 Å². The molecule has 0 spiro atoms. The standard InChI is InChI=1S/C50H28N2O2S2/c1-5-13-45-38(9-1)51(39-10-2-6-14-46(39)55-45)33-19-17-29-25-36-35-21-22-42-49(50(35)54-43(36)27-31(29)23-33)37-26-30-18-20-34(24-32(30)28-44(37)53-42)52-40-11-3-7-15-47(40)56-48-16-8-4-12-41(48)52/h1-28H. The summed E-state index contributed by atoms with van der Waals surface area (Å²) in [6.07, 6.45) is 0. The number of nitrogens with zero attached hydrogens (tertiary/aromatic N) is 2. The molecule has 2 aromatic heterocycles. The molecule has 2 aliphatic rings. The van der Waals surface area contributed by atoms with E-state index in [0.717, 1.165) is 71.4 Å². The second-order valence-corrected chi connectivity index (χ2v) is 16.7. The van der Waals surface area contributed by atoms with Gasteiger partial charge in [-0.2, -0.15) is 0 Å². The van der Waals surface area contributed by atoms with Gasteiger partial charge in [-0.05, 0) is 131 Å². The highest BCUT2D eigenvalue weighted by Gasteiger charge is 2.26. The van der Waals surface area contributed by atoms with Gasteiger partial charge in [-0.15, -0.1) is 0 Å². The molecule has 0 amide bonds. The van der Waals surface area contributed by atoms with Crippen molar-refractivity contribution < 1.29 is 8.83 Å². The van der Waals surface area contributed by atoms with E-state index in [2.05, 4.69) is 180 Å². The van der Waals surface area contributed by atoms with Gasteiger partial charge in [0.2, 0.25) is 0 Å². The quantitative estimate of drug-likeness (QED) is 0.175. The first-order valence-corrected chi connectivity index (χ1v) is 20.4. The van der Waals surface area contributed by atoms with Crippen LogP contribution in [0, 0.1) is 0 Å². The Balaban J connectivity index is 0.949. The van der Waals surface area contributed by atoms with Crippen molar-refractivity contribution >= 4 is 123 Å². The van der Waals surface area contributed by atoms with E-state index in [-0.39, 0.29) is 0 Å². The fourth-order valence-electron chi connectivity index (χ4n) is 8.80. The van der Waals surface area contributed by atoms with Gasteiger partial charge < -0.3 is 18.6 Å². The lowest BCUT2D eigenvalue weighted by atomic mass is 10.0. The Morgan fingerprint density at radius 3 is 1.32 bits per heavy atom. The average Bonchev–Trinajstić information content (AvgIpc) is 3.79. The minimum Gasteiger partial charge on any atom is -0.456 e. The highest BCUT2D eigenvalue weighted by Crippen LogP contribution is 2.53. The Hall–Kier alpha value is -6.60. The summed E-state index contributed by atoms with van der Waals surface area (Å²) in [7, 11) is 0. The van der Waals surface area contributed by atoms with Crippen LogP contribution >= 0.6 is 23.5 Å². The van der Waals surface area contributed by atoms with Gasteiger partial charge in [0.1, 0.15) is 22.3 Å². The molecule has 0 fully saturated rings. The van der Waals surface area contributed by atoms with Crippen LogP contribution < -0.4 is 9.80 Å². The van der Waals surface area contributed by atoms with E-state index in [9.17, 15) is 0 Å². The number of para-hydroxylation sites is 4. The summed E-state index contributed by atoms with van der Waals surface area (Å²) in [6.45, 7) is 0. The molecule has 0 unspecified atom stereocenters. The summed E-state index contributed by atoms with van der Waals surface area (Å²) in [6, 6.07) is 61.2. The number of benzene rings is 9. The molecular formula is C50H28N2O2S2. The van der Waals surface area contributed by atoms with Crippen LogP contribution in [0.2, 0.25) is 0 Å². The third-order valence-electron chi connectivity index (χ3n) is 11.3. The lowest BCUT2D eigenvalue weighted by Crippen LogP contribution is -2.14. The molecular weight excluding hydrogens is 725 g/mol. The number of rotatable bonds is 2. The molecule has 56 heavy (non-hydrogen) atoms. The zero-order chi connectivity index (χ0) is 36.5. The van der Waals surface area contributed by atoms with Gasteiger partial charge >= 0.3 is 0 Å². The van der Waals surface area contributed by atoms with Crippen LogP contribution in [0.1, 0.15) is 0 Å². The SMILES string of the molecule is c1ccc2c(c1)Sc1ccccc1N2c1ccc2cc3c(cc2c1)oc1c3ccc2oc3cc4cc(N5c6ccccc6Sc6ccccc65)ccc4cc3c21. The summed E-state index contributed by atoms with van der Waals surface area (Å²) >= 11 is 3.65. The summed E-state index contributed by atoms with van der Waals surface area (Å²) in [5, 5.41) is 8.86. The monoisotopic (exact) mass is 752 g/mol. The smallest absolute Gasteiger partial charge is 0.147 e. The molecule has 11 aromatic rings. The summed E-state index contributed by atoms with van der Waals surface area (Å²) in [5.74, 6) is 0. The van der Waals surface area contributed by atoms with Crippen molar-refractivity contribution in [3.05, 3.63) is 170 Å². The highest BCUT2D eigenvalue weighted by atomic mass is 32.2. The van der Waals surface area contributed by atoms with Gasteiger partial charge in [-0.3, -0.25) is 0 Å². The Morgan fingerprint density at radius 1 is 0.339 bits per heavy atom. The first kappa shape index (κ1) is 30.7. The van der Waals surface area contributed by atoms with Crippen LogP contribution in [0.3, 0.4) is 0 Å². The zero-order valence-corrected chi connectivity index (χ0v) is 31.3. The number of hydrogen-bond donors (Lipinski definition) is 0. The zero-order valence-electron chi connectivity index (χ0n) is 29.7. The molecule has 9 aromatic carbocycles. The van der Waals surface area contributed by atoms with E-state index in [4.69, 9.17) is 8.83 Å². The minimum absolute atomic E-state index is 0.824. The number of anilines is 6. The van der Waals surface area contributed by atoms with E-state index in [1.54, 1.807) is 0 Å². The molecule has 0 saturated carbocycles. The fourth-order valence-corrected chi connectivity index (χ4v) is 10.9. The second kappa shape index (κ2) is 11.5. The van der Waals surface area contributed by atoms with Crippen molar-refractivity contribution in [2.75, 3.05) is 9.80 Å². The molecule has 13 rings (SSSR count). The summed E-state index contributed by atoms with van der Waals surface area (Å²) in [5.41, 5.74) is 10.4. The molecule has 4 heterocycles. The molecule has 6 heteroatoms. The first-order chi connectivity index (χ1) is 27.7. The van der Waals surface area contributed by atoms with Gasteiger partial charge in [-0.1, -0.05) is 84.2 Å². The molecule has 0 N–H and O–H groups in total. The van der Waals surface area contributed by atoms with Crippen LogP contribution in [-0.4, -0.2) is 0 Å². The van der Waals surface area contributed by atoms with Gasteiger partial charge in [0.15, 0.2) is 0 Å². The van der Waals surface area contributed by atoms with Gasteiger partial charge in [0.05, 0.1) is 28.1 Å². The van der Waals surface area contributed by atoms with Crippen molar-refractivity contribution in [3.63, 3.8) is 0 Å². The summed E-state index contributed by atoms with van der Waals surface area (Å²) < 4.78 is 13.4. The van der Waals surface area contributed by atoms with E-state index < -0.39 is 0 Å². The summed E-state index contributed by atoms with van der Waals surface area (Å²) in [4.78, 5) is 9.75. The topological polar surface area (TPSA) is 32.8 Å². The second-order valence-electron chi connectivity index (χ2n) is 14.5. The van der Waals surface area contributed by atoms with Crippen LogP contribution in [0.15, 0.2) is 198 Å². The lowest BCUT2D eigenvalue weighted by Gasteiger charge is -2.33. The highest BCUT2D eigenvalue weighted by molar-refractivity contribution is 8.00. The van der Waals surface area contributed by atoms with Crippen LogP contribution in [0.5, 0.6) is 0 Å². The minimum atomic E-state index is 0.824. The molecule has 4 nitrogen and oxygen atoms in total. The van der Waals surface area contributed by atoms with E-state index in [1.807, 2.05) is 23.5 Å². The van der Waals surface area contributed by atoms with E-state index in [1.165, 1.54) is 47.7 Å². The number of fused-ring (bicyclic) bond motifs is 13.